The lowest BCUT2D eigenvalue weighted by Gasteiger charge is -2.35. The molecular formula is C15H25N3O4S. The third-order valence-corrected chi connectivity index (χ3v) is 7.04. The molecule has 3 rings (SSSR count). The number of carbonyl (C=O) groups is 2. The molecular weight excluding hydrogens is 318 g/mol. The van der Waals surface area contributed by atoms with Gasteiger partial charge in [-0.3, -0.25) is 9.59 Å². The SMILES string of the molecule is CCN1CCN(C(=O)C2CC(=O)N(C3CCS(=O)(=O)C3)C2)CC1. The minimum Gasteiger partial charge on any atom is -0.340 e. The molecule has 0 N–H and O–H groups in total. The van der Waals surface area contributed by atoms with Gasteiger partial charge in [0.05, 0.1) is 17.4 Å². The van der Waals surface area contributed by atoms with Crippen LogP contribution in [0.2, 0.25) is 0 Å². The average Bonchev–Trinajstić information content (AvgIpc) is 3.09. The van der Waals surface area contributed by atoms with Gasteiger partial charge >= 0.3 is 0 Å². The molecule has 3 saturated heterocycles. The minimum atomic E-state index is -3.02. The van der Waals surface area contributed by atoms with Crippen molar-refractivity contribution < 1.29 is 18.0 Å². The molecule has 7 nitrogen and oxygen atoms in total. The molecule has 23 heavy (non-hydrogen) atoms. The number of hydrogen-bond acceptors (Lipinski definition) is 5. The first-order valence-electron chi connectivity index (χ1n) is 8.40. The Kier molecular flexibility index (Phi) is 4.64. The number of hydrogen-bond donors (Lipinski definition) is 0. The Labute approximate surface area is 137 Å². The number of rotatable bonds is 3. The Morgan fingerprint density at radius 2 is 1.91 bits per heavy atom. The topological polar surface area (TPSA) is 78.0 Å². The van der Waals surface area contributed by atoms with Crippen LogP contribution in [0.4, 0.5) is 0 Å². The smallest absolute Gasteiger partial charge is 0.228 e. The summed E-state index contributed by atoms with van der Waals surface area (Å²) in [5.74, 6) is -0.123. The predicted octanol–water partition coefficient (Wildman–Crippen LogP) is -0.814. The monoisotopic (exact) mass is 343 g/mol. The van der Waals surface area contributed by atoms with E-state index in [9.17, 15) is 18.0 Å². The quantitative estimate of drug-likeness (QED) is 0.669. The second-order valence-electron chi connectivity index (χ2n) is 6.76. The van der Waals surface area contributed by atoms with Gasteiger partial charge in [-0.25, -0.2) is 8.42 Å². The number of nitrogens with zero attached hydrogens (tertiary/aromatic N) is 3. The lowest BCUT2D eigenvalue weighted by atomic mass is 10.1. The van der Waals surface area contributed by atoms with E-state index in [4.69, 9.17) is 0 Å². The fraction of sp³-hybridized carbons (Fsp3) is 0.867. The molecule has 3 heterocycles. The van der Waals surface area contributed by atoms with E-state index in [1.54, 1.807) is 4.90 Å². The second-order valence-corrected chi connectivity index (χ2v) is 8.99. The second kappa shape index (κ2) is 6.39. The number of carbonyl (C=O) groups excluding carboxylic acids is 2. The molecule has 0 bridgehead atoms. The Morgan fingerprint density at radius 3 is 2.48 bits per heavy atom. The van der Waals surface area contributed by atoms with Crippen LogP contribution in [-0.4, -0.2) is 91.7 Å². The predicted molar refractivity (Wildman–Crippen MR) is 85.6 cm³/mol. The normalized spacial score (nSPS) is 31.8. The molecule has 2 unspecified atom stereocenters. The summed E-state index contributed by atoms with van der Waals surface area (Å²) in [5.41, 5.74) is 0. The van der Waals surface area contributed by atoms with Gasteiger partial charge in [-0.2, -0.15) is 0 Å². The number of sulfone groups is 1. The zero-order valence-corrected chi connectivity index (χ0v) is 14.4. The van der Waals surface area contributed by atoms with Gasteiger partial charge in [0, 0.05) is 45.2 Å². The molecule has 0 aromatic carbocycles. The van der Waals surface area contributed by atoms with Crippen molar-refractivity contribution in [2.45, 2.75) is 25.8 Å². The standard InChI is InChI=1S/C15H25N3O4S/c1-2-16-4-6-17(7-5-16)15(20)12-9-14(19)18(10-12)13-3-8-23(21,22)11-13/h12-13H,2-11H2,1H3. The molecule has 2 amide bonds. The van der Waals surface area contributed by atoms with E-state index in [0.29, 0.717) is 13.0 Å². The highest BCUT2D eigenvalue weighted by Gasteiger charge is 2.43. The minimum absolute atomic E-state index is 0.0504. The lowest BCUT2D eigenvalue weighted by molar-refractivity contribution is -0.137. The molecule has 3 aliphatic heterocycles. The Morgan fingerprint density at radius 1 is 1.22 bits per heavy atom. The van der Waals surface area contributed by atoms with Crippen LogP contribution in [0.25, 0.3) is 0 Å². The molecule has 3 fully saturated rings. The van der Waals surface area contributed by atoms with Gasteiger partial charge in [0.1, 0.15) is 0 Å². The molecule has 0 spiro atoms. The van der Waals surface area contributed by atoms with Crippen LogP contribution in [0.5, 0.6) is 0 Å². The van der Waals surface area contributed by atoms with Gasteiger partial charge in [0.25, 0.3) is 0 Å². The van der Waals surface area contributed by atoms with E-state index in [1.807, 2.05) is 4.90 Å². The van der Waals surface area contributed by atoms with Gasteiger partial charge in [-0.1, -0.05) is 6.92 Å². The summed E-state index contributed by atoms with van der Waals surface area (Å²) in [5, 5.41) is 0. The van der Waals surface area contributed by atoms with Crippen molar-refractivity contribution in [2.75, 3.05) is 50.8 Å². The first-order valence-corrected chi connectivity index (χ1v) is 10.2. The van der Waals surface area contributed by atoms with E-state index in [1.165, 1.54) is 0 Å². The molecule has 2 atom stereocenters. The summed E-state index contributed by atoms with van der Waals surface area (Å²) in [6, 6.07) is -0.234. The van der Waals surface area contributed by atoms with Crippen molar-refractivity contribution in [2.24, 2.45) is 5.92 Å². The molecule has 0 aliphatic carbocycles. The van der Waals surface area contributed by atoms with Crippen LogP contribution in [-0.2, 0) is 19.4 Å². The highest BCUT2D eigenvalue weighted by atomic mass is 32.2. The lowest BCUT2D eigenvalue weighted by Crippen LogP contribution is -2.50. The molecule has 130 valence electrons. The fourth-order valence-corrected chi connectivity index (χ4v) is 5.54. The zero-order valence-electron chi connectivity index (χ0n) is 13.6. The van der Waals surface area contributed by atoms with Crippen LogP contribution in [0, 0.1) is 5.92 Å². The number of amides is 2. The Balaban J connectivity index is 1.58. The number of likely N-dealkylation sites (tertiary alicyclic amines) is 1. The van der Waals surface area contributed by atoms with Gasteiger partial charge in [0.2, 0.25) is 11.8 Å². The van der Waals surface area contributed by atoms with E-state index in [0.717, 1.165) is 32.7 Å². The molecule has 0 aromatic heterocycles. The van der Waals surface area contributed by atoms with Crippen LogP contribution in [0.1, 0.15) is 19.8 Å². The van der Waals surface area contributed by atoms with E-state index in [-0.39, 0.29) is 41.7 Å². The van der Waals surface area contributed by atoms with Crippen LogP contribution < -0.4 is 0 Å². The van der Waals surface area contributed by atoms with Crippen LogP contribution in [0.15, 0.2) is 0 Å². The summed E-state index contributed by atoms with van der Waals surface area (Å²) < 4.78 is 23.2. The summed E-state index contributed by atoms with van der Waals surface area (Å²) in [6.07, 6.45) is 0.730. The summed E-state index contributed by atoms with van der Waals surface area (Å²) in [7, 11) is -3.02. The maximum atomic E-state index is 12.6. The number of piperazine rings is 1. The van der Waals surface area contributed by atoms with Crippen molar-refractivity contribution in [1.29, 1.82) is 0 Å². The number of likely N-dealkylation sites (N-methyl/N-ethyl adjacent to an activating group) is 1. The van der Waals surface area contributed by atoms with Gasteiger partial charge in [0.15, 0.2) is 9.84 Å². The highest BCUT2D eigenvalue weighted by Crippen LogP contribution is 2.27. The van der Waals surface area contributed by atoms with E-state index in [2.05, 4.69) is 11.8 Å². The molecule has 0 aromatic rings. The van der Waals surface area contributed by atoms with Crippen molar-refractivity contribution >= 4 is 21.7 Å². The van der Waals surface area contributed by atoms with Crippen LogP contribution >= 0.6 is 0 Å². The van der Waals surface area contributed by atoms with Crippen molar-refractivity contribution in [3.05, 3.63) is 0 Å². The summed E-state index contributed by atoms with van der Waals surface area (Å²) in [4.78, 5) is 30.7. The maximum Gasteiger partial charge on any atom is 0.228 e. The fourth-order valence-electron chi connectivity index (χ4n) is 3.81. The third-order valence-electron chi connectivity index (χ3n) is 5.29. The van der Waals surface area contributed by atoms with Crippen molar-refractivity contribution in [3.8, 4) is 0 Å². The van der Waals surface area contributed by atoms with Crippen LogP contribution in [0.3, 0.4) is 0 Å². The maximum absolute atomic E-state index is 12.6. The van der Waals surface area contributed by atoms with Crippen molar-refractivity contribution in [3.63, 3.8) is 0 Å². The van der Waals surface area contributed by atoms with E-state index < -0.39 is 9.84 Å². The van der Waals surface area contributed by atoms with Gasteiger partial charge in [-0.15, -0.1) is 0 Å². The van der Waals surface area contributed by atoms with Crippen molar-refractivity contribution in [1.82, 2.24) is 14.7 Å². The summed E-state index contributed by atoms with van der Waals surface area (Å²) >= 11 is 0. The Bertz CT molecular complexity index is 584. The highest BCUT2D eigenvalue weighted by molar-refractivity contribution is 7.91. The largest absolute Gasteiger partial charge is 0.340 e. The summed E-state index contributed by atoms with van der Waals surface area (Å²) in [6.45, 7) is 6.69. The van der Waals surface area contributed by atoms with E-state index >= 15 is 0 Å². The first kappa shape index (κ1) is 16.7. The average molecular weight is 343 g/mol. The van der Waals surface area contributed by atoms with Gasteiger partial charge < -0.3 is 14.7 Å². The molecule has 8 heteroatoms. The molecule has 0 saturated carbocycles. The molecule has 3 aliphatic rings. The zero-order chi connectivity index (χ0) is 16.6. The van der Waals surface area contributed by atoms with Gasteiger partial charge in [-0.05, 0) is 13.0 Å². The third kappa shape index (κ3) is 3.52. The first-order chi connectivity index (χ1) is 10.9. The molecule has 0 radical (unpaired) electrons. The Hall–Kier alpha value is -1.15.